The fourth-order valence-corrected chi connectivity index (χ4v) is 1.81. The lowest BCUT2D eigenvalue weighted by Gasteiger charge is -2.08. The van der Waals surface area contributed by atoms with Gasteiger partial charge in [0.15, 0.2) is 0 Å². The molecule has 0 aromatic heterocycles. The van der Waals surface area contributed by atoms with Crippen molar-refractivity contribution in [3.8, 4) is 11.5 Å². The minimum Gasteiger partial charge on any atom is -0.508 e. The molecule has 0 amide bonds. The molecule has 0 saturated carbocycles. The van der Waals surface area contributed by atoms with E-state index in [0.29, 0.717) is 13.1 Å². The molecule has 4 heteroatoms. The van der Waals surface area contributed by atoms with E-state index in [1.807, 2.05) is 24.3 Å². The largest absolute Gasteiger partial charge is 0.508 e. The van der Waals surface area contributed by atoms with Crippen LogP contribution in [0.1, 0.15) is 16.7 Å². The Balaban J connectivity index is 1.88. The van der Waals surface area contributed by atoms with Crippen molar-refractivity contribution in [2.75, 3.05) is 0 Å². The lowest BCUT2D eigenvalue weighted by molar-refractivity contribution is 0.282. The van der Waals surface area contributed by atoms with Gasteiger partial charge in [-0.3, -0.25) is 0 Å². The lowest BCUT2D eigenvalue weighted by atomic mass is 10.1. The number of hydrogen-bond acceptors (Lipinski definition) is 4. The molecule has 0 atom stereocenters. The van der Waals surface area contributed by atoms with E-state index >= 15 is 0 Å². The van der Waals surface area contributed by atoms with E-state index in [-0.39, 0.29) is 18.1 Å². The molecular weight excluding hydrogens is 242 g/mol. The normalized spacial score (nSPS) is 10.6. The maximum atomic E-state index is 9.63. The van der Waals surface area contributed by atoms with E-state index in [1.54, 1.807) is 12.1 Å². The maximum Gasteiger partial charge on any atom is 0.123 e. The average Bonchev–Trinajstić information content (AvgIpc) is 2.42. The summed E-state index contributed by atoms with van der Waals surface area (Å²) in [5.41, 5.74) is 2.74. The SMILES string of the molecule is OCc1ccc(CNCc2ccc(O)cc2O)cc1. The van der Waals surface area contributed by atoms with Crippen LogP contribution >= 0.6 is 0 Å². The summed E-state index contributed by atoms with van der Waals surface area (Å²) in [5, 5.41) is 31.0. The van der Waals surface area contributed by atoms with Gasteiger partial charge in [-0.1, -0.05) is 30.3 Å². The van der Waals surface area contributed by atoms with Crippen LogP contribution in [0.2, 0.25) is 0 Å². The molecule has 2 rings (SSSR count). The second-order valence-corrected chi connectivity index (χ2v) is 4.39. The molecular formula is C15H17NO3. The zero-order valence-electron chi connectivity index (χ0n) is 10.5. The molecule has 100 valence electrons. The Morgan fingerprint density at radius 2 is 1.53 bits per heavy atom. The van der Waals surface area contributed by atoms with E-state index < -0.39 is 0 Å². The Hall–Kier alpha value is -2.04. The first-order valence-electron chi connectivity index (χ1n) is 6.09. The van der Waals surface area contributed by atoms with E-state index in [4.69, 9.17) is 5.11 Å². The van der Waals surface area contributed by atoms with Crippen molar-refractivity contribution in [1.82, 2.24) is 5.32 Å². The summed E-state index contributed by atoms with van der Waals surface area (Å²) in [7, 11) is 0. The average molecular weight is 259 g/mol. The molecule has 0 spiro atoms. The molecule has 2 aromatic rings. The van der Waals surface area contributed by atoms with Gasteiger partial charge in [0.05, 0.1) is 6.61 Å². The smallest absolute Gasteiger partial charge is 0.123 e. The molecule has 0 radical (unpaired) electrons. The van der Waals surface area contributed by atoms with Crippen molar-refractivity contribution in [3.05, 3.63) is 59.2 Å². The first-order valence-corrected chi connectivity index (χ1v) is 6.09. The summed E-state index contributed by atoms with van der Waals surface area (Å²) >= 11 is 0. The highest BCUT2D eigenvalue weighted by Gasteiger charge is 2.02. The lowest BCUT2D eigenvalue weighted by Crippen LogP contribution is -2.12. The molecule has 4 N–H and O–H groups in total. The van der Waals surface area contributed by atoms with Crippen LogP contribution in [0.25, 0.3) is 0 Å². The number of nitrogens with one attached hydrogen (secondary N) is 1. The van der Waals surface area contributed by atoms with Gasteiger partial charge in [0, 0.05) is 24.7 Å². The molecule has 0 aliphatic carbocycles. The van der Waals surface area contributed by atoms with Crippen molar-refractivity contribution in [2.45, 2.75) is 19.7 Å². The van der Waals surface area contributed by atoms with Gasteiger partial charge in [0.2, 0.25) is 0 Å². The monoisotopic (exact) mass is 259 g/mol. The summed E-state index contributed by atoms with van der Waals surface area (Å²) in [6.45, 7) is 1.25. The first-order chi connectivity index (χ1) is 9.19. The van der Waals surface area contributed by atoms with Gasteiger partial charge >= 0.3 is 0 Å². The number of aliphatic hydroxyl groups excluding tert-OH is 1. The minimum atomic E-state index is 0.0507. The molecule has 0 unspecified atom stereocenters. The zero-order chi connectivity index (χ0) is 13.7. The predicted octanol–water partition coefficient (Wildman–Crippen LogP) is 1.88. The van der Waals surface area contributed by atoms with Gasteiger partial charge in [0.1, 0.15) is 11.5 Å². The predicted molar refractivity (Wildman–Crippen MR) is 72.7 cm³/mol. The third-order valence-electron chi connectivity index (χ3n) is 2.92. The summed E-state index contributed by atoms with van der Waals surface area (Å²) in [5.74, 6) is 0.143. The van der Waals surface area contributed by atoms with Crippen molar-refractivity contribution in [3.63, 3.8) is 0 Å². The Labute approximate surface area is 112 Å². The van der Waals surface area contributed by atoms with E-state index in [2.05, 4.69) is 5.32 Å². The molecule has 19 heavy (non-hydrogen) atoms. The van der Waals surface area contributed by atoms with Crippen LogP contribution < -0.4 is 5.32 Å². The number of phenols is 2. The Morgan fingerprint density at radius 1 is 0.842 bits per heavy atom. The molecule has 0 heterocycles. The Kier molecular flexibility index (Phi) is 4.39. The van der Waals surface area contributed by atoms with Crippen LogP contribution in [-0.4, -0.2) is 15.3 Å². The van der Waals surface area contributed by atoms with Crippen molar-refractivity contribution in [1.29, 1.82) is 0 Å². The molecule has 2 aromatic carbocycles. The third kappa shape index (κ3) is 3.71. The van der Waals surface area contributed by atoms with Crippen molar-refractivity contribution < 1.29 is 15.3 Å². The summed E-state index contributed by atoms with van der Waals surface area (Å²) in [6, 6.07) is 12.2. The number of rotatable bonds is 5. The van der Waals surface area contributed by atoms with Crippen molar-refractivity contribution >= 4 is 0 Å². The molecule has 0 bridgehead atoms. The van der Waals surface area contributed by atoms with Crippen LogP contribution in [0.5, 0.6) is 11.5 Å². The molecule has 0 fully saturated rings. The maximum absolute atomic E-state index is 9.63. The Bertz CT molecular complexity index is 538. The standard InChI is InChI=1S/C15H17NO3/c17-10-12-3-1-11(2-4-12)8-16-9-13-5-6-14(18)7-15(13)19/h1-7,16-19H,8-10H2. The van der Waals surface area contributed by atoms with Crippen LogP contribution in [-0.2, 0) is 19.7 Å². The topological polar surface area (TPSA) is 72.7 Å². The van der Waals surface area contributed by atoms with Gasteiger partial charge in [-0.2, -0.15) is 0 Å². The van der Waals surface area contributed by atoms with Crippen LogP contribution in [0.3, 0.4) is 0 Å². The first kappa shape index (κ1) is 13.4. The van der Waals surface area contributed by atoms with E-state index in [0.717, 1.165) is 16.7 Å². The van der Waals surface area contributed by atoms with E-state index in [1.165, 1.54) is 6.07 Å². The third-order valence-corrected chi connectivity index (χ3v) is 2.92. The summed E-state index contributed by atoms with van der Waals surface area (Å²) in [6.07, 6.45) is 0. The quantitative estimate of drug-likeness (QED) is 0.661. The molecule has 4 nitrogen and oxygen atoms in total. The molecule has 0 saturated heterocycles. The summed E-state index contributed by atoms with van der Waals surface area (Å²) < 4.78 is 0. The van der Waals surface area contributed by atoms with E-state index in [9.17, 15) is 10.2 Å². The van der Waals surface area contributed by atoms with Crippen molar-refractivity contribution in [2.24, 2.45) is 0 Å². The van der Waals surface area contributed by atoms with Crippen LogP contribution in [0.4, 0.5) is 0 Å². The number of aliphatic hydroxyl groups is 1. The van der Waals surface area contributed by atoms with Gasteiger partial charge in [-0.05, 0) is 17.2 Å². The van der Waals surface area contributed by atoms with Gasteiger partial charge in [-0.25, -0.2) is 0 Å². The highest BCUT2D eigenvalue weighted by Crippen LogP contribution is 2.22. The fraction of sp³-hybridized carbons (Fsp3) is 0.200. The number of aromatic hydroxyl groups is 2. The number of benzene rings is 2. The number of phenolic OH excluding ortho intramolecular Hbond substituents is 2. The molecule has 0 aliphatic heterocycles. The van der Waals surface area contributed by atoms with Crippen LogP contribution in [0.15, 0.2) is 42.5 Å². The Morgan fingerprint density at radius 3 is 2.16 bits per heavy atom. The van der Waals surface area contributed by atoms with Gasteiger partial charge in [-0.15, -0.1) is 0 Å². The summed E-state index contributed by atoms with van der Waals surface area (Å²) in [4.78, 5) is 0. The van der Waals surface area contributed by atoms with Crippen LogP contribution in [0, 0.1) is 0 Å². The number of hydrogen-bond donors (Lipinski definition) is 4. The zero-order valence-corrected chi connectivity index (χ0v) is 10.5. The minimum absolute atomic E-state index is 0.0507. The fourth-order valence-electron chi connectivity index (χ4n) is 1.81. The highest BCUT2D eigenvalue weighted by atomic mass is 16.3. The van der Waals surface area contributed by atoms with Gasteiger partial charge in [0.25, 0.3) is 0 Å². The second-order valence-electron chi connectivity index (χ2n) is 4.39. The second kappa shape index (κ2) is 6.22. The highest BCUT2D eigenvalue weighted by molar-refractivity contribution is 5.38. The van der Waals surface area contributed by atoms with Gasteiger partial charge < -0.3 is 20.6 Å². The molecule has 0 aliphatic rings.